The molecule has 4 aromatic carbocycles. The molecule has 0 aliphatic carbocycles. The maximum atomic E-state index is 6.63. The summed E-state index contributed by atoms with van der Waals surface area (Å²) < 4.78 is 38.1. The third-order valence-electron chi connectivity index (χ3n) is 7.31. The summed E-state index contributed by atoms with van der Waals surface area (Å²) in [5.74, 6) is -0.523. The normalized spacial score (nSPS) is 19.9. The number of methoxy groups -OCH3 is 1. The lowest BCUT2D eigenvalue weighted by molar-refractivity contribution is -0.313. The van der Waals surface area contributed by atoms with Crippen molar-refractivity contribution in [2.45, 2.75) is 50.8 Å². The Morgan fingerprint density at radius 3 is 1.56 bits per heavy atom. The summed E-state index contributed by atoms with van der Waals surface area (Å²) in [6.07, 6.45) is 1.49. The van der Waals surface area contributed by atoms with E-state index in [0.717, 1.165) is 28.0 Å². The second kappa shape index (κ2) is 16.2. The maximum absolute atomic E-state index is 6.63. The van der Waals surface area contributed by atoms with Crippen LogP contribution in [0.4, 0.5) is 0 Å². The topological polar surface area (TPSA) is 55.4 Å². The highest BCUT2D eigenvalue weighted by molar-refractivity contribution is 5.18. The Balaban J connectivity index is 1.36. The second-order valence-corrected chi connectivity index (χ2v) is 10.5. The SMILES string of the molecule is CO[C@@]1(COCc2ccccc2)OC(CCOCc2ccccc2)=C[C@H](OCc2ccccc2)[C@@H]1OCc1ccccc1. The number of ether oxygens (including phenoxy) is 6. The van der Waals surface area contributed by atoms with Gasteiger partial charge in [-0.2, -0.15) is 0 Å². The van der Waals surface area contributed by atoms with Crippen molar-refractivity contribution in [2.75, 3.05) is 20.3 Å². The van der Waals surface area contributed by atoms with E-state index in [2.05, 4.69) is 12.1 Å². The fourth-order valence-electron chi connectivity index (χ4n) is 5.00. The van der Waals surface area contributed by atoms with Crippen LogP contribution in [0.1, 0.15) is 28.7 Å². The first-order valence-corrected chi connectivity index (χ1v) is 14.7. The molecule has 0 unspecified atom stereocenters. The summed E-state index contributed by atoms with van der Waals surface area (Å²) >= 11 is 0. The molecule has 0 amide bonds. The first kappa shape index (κ1) is 30.7. The van der Waals surface area contributed by atoms with Gasteiger partial charge in [-0.05, 0) is 28.3 Å². The highest BCUT2D eigenvalue weighted by Gasteiger charge is 2.51. The third kappa shape index (κ3) is 9.10. The molecule has 3 atom stereocenters. The lowest BCUT2D eigenvalue weighted by atomic mass is 9.99. The van der Waals surface area contributed by atoms with E-state index in [0.29, 0.717) is 39.5 Å². The van der Waals surface area contributed by atoms with E-state index in [1.54, 1.807) is 7.11 Å². The van der Waals surface area contributed by atoms with Gasteiger partial charge in [0.05, 0.1) is 33.0 Å². The number of hydrogen-bond acceptors (Lipinski definition) is 6. The molecule has 5 rings (SSSR count). The van der Waals surface area contributed by atoms with Crippen molar-refractivity contribution in [1.29, 1.82) is 0 Å². The molecule has 0 saturated heterocycles. The molecule has 0 aromatic heterocycles. The molecule has 43 heavy (non-hydrogen) atoms. The van der Waals surface area contributed by atoms with E-state index in [4.69, 9.17) is 28.4 Å². The minimum atomic E-state index is -1.24. The Labute approximate surface area is 254 Å². The molecule has 1 aliphatic heterocycles. The van der Waals surface area contributed by atoms with Gasteiger partial charge in [0, 0.05) is 13.5 Å². The van der Waals surface area contributed by atoms with Crippen molar-refractivity contribution in [3.8, 4) is 0 Å². The molecule has 0 spiro atoms. The van der Waals surface area contributed by atoms with E-state index in [-0.39, 0.29) is 6.61 Å². The minimum Gasteiger partial charge on any atom is -0.461 e. The van der Waals surface area contributed by atoms with Gasteiger partial charge < -0.3 is 28.4 Å². The summed E-state index contributed by atoms with van der Waals surface area (Å²) in [6, 6.07) is 40.4. The fraction of sp³-hybridized carbons (Fsp3) is 0.297. The van der Waals surface area contributed by atoms with Crippen LogP contribution in [0.3, 0.4) is 0 Å². The third-order valence-corrected chi connectivity index (χ3v) is 7.31. The van der Waals surface area contributed by atoms with Crippen molar-refractivity contribution >= 4 is 0 Å². The molecule has 1 aliphatic rings. The average Bonchev–Trinajstić information content (AvgIpc) is 3.07. The summed E-state index contributed by atoms with van der Waals surface area (Å²) in [5.41, 5.74) is 4.30. The molecule has 4 aromatic rings. The minimum absolute atomic E-state index is 0.144. The van der Waals surface area contributed by atoms with Crippen LogP contribution in [0.5, 0.6) is 0 Å². The quantitative estimate of drug-likeness (QED) is 0.130. The average molecular weight is 581 g/mol. The van der Waals surface area contributed by atoms with Crippen molar-refractivity contribution < 1.29 is 28.4 Å². The maximum Gasteiger partial charge on any atom is 0.262 e. The largest absolute Gasteiger partial charge is 0.461 e. The van der Waals surface area contributed by atoms with Crippen molar-refractivity contribution in [1.82, 2.24) is 0 Å². The molecule has 6 nitrogen and oxygen atoms in total. The van der Waals surface area contributed by atoms with Gasteiger partial charge in [-0.15, -0.1) is 0 Å². The molecular weight excluding hydrogens is 540 g/mol. The van der Waals surface area contributed by atoms with Gasteiger partial charge in [-0.3, -0.25) is 0 Å². The van der Waals surface area contributed by atoms with Crippen LogP contribution in [-0.4, -0.2) is 38.3 Å². The van der Waals surface area contributed by atoms with Gasteiger partial charge >= 0.3 is 0 Å². The summed E-state index contributed by atoms with van der Waals surface area (Å²) in [4.78, 5) is 0. The van der Waals surface area contributed by atoms with E-state index >= 15 is 0 Å². The van der Waals surface area contributed by atoms with Crippen molar-refractivity contribution in [2.24, 2.45) is 0 Å². The first-order chi connectivity index (χ1) is 21.2. The van der Waals surface area contributed by atoms with Crippen LogP contribution in [0.2, 0.25) is 0 Å². The zero-order chi connectivity index (χ0) is 29.6. The molecule has 0 radical (unpaired) electrons. The predicted molar refractivity (Wildman–Crippen MR) is 166 cm³/mol. The fourth-order valence-corrected chi connectivity index (χ4v) is 5.00. The highest BCUT2D eigenvalue weighted by atomic mass is 16.7. The Bertz CT molecular complexity index is 1360. The molecule has 224 valence electrons. The Morgan fingerprint density at radius 2 is 1.05 bits per heavy atom. The van der Waals surface area contributed by atoms with Crippen LogP contribution < -0.4 is 0 Å². The molecule has 0 N–H and O–H groups in total. The van der Waals surface area contributed by atoms with Crippen LogP contribution in [0, 0.1) is 0 Å². The monoisotopic (exact) mass is 580 g/mol. The van der Waals surface area contributed by atoms with E-state index < -0.39 is 18.0 Å². The van der Waals surface area contributed by atoms with E-state index in [9.17, 15) is 0 Å². The molecule has 6 heteroatoms. The predicted octanol–water partition coefficient (Wildman–Crippen LogP) is 7.24. The number of hydrogen-bond donors (Lipinski definition) is 0. The smallest absolute Gasteiger partial charge is 0.262 e. The van der Waals surface area contributed by atoms with E-state index in [1.807, 2.05) is 115 Å². The Hall–Kier alpha value is -3.78. The van der Waals surface area contributed by atoms with Crippen molar-refractivity contribution in [3.05, 3.63) is 155 Å². The number of benzene rings is 4. The molecule has 0 fully saturated rings. The highest BCUT2D eigenvalue weighted by Crippen LogP contribution is 2.36. The second-order valence-electron chi connectivity index (χ2n) is 10.5. The zero-order valence-corrected chi connectivity index (χ0v) is 24.7. The van der Waals surface area contributed by atoms with Crippen LogP contribution in [0.25, 0.3) is 0 Å². The lowest BCUT2D eigenvalue weighted by Crippen LogP contribution is -2.59. The van der Waals surface area contributed by atoms with Gasteiger partial charge in [-0.1, -0.05) is 121 Å². The summed E-state index contributed by atoms with van der Waals surface area (Å²) in [7, 11) is 1.63. The molecular formula is C37H40O6. The Kier molecular flexibility index (Phi) is 11.5. The van der Waals surface area contributed by atoms with Gasteiger partial charge in [0.1, 0.15) is 18.5 Å². The standard InChI is InChI=1S/C37H40O6/c1-38-37(29-40-26-31-16-8-3-9-17-31)36(42-28-33-20-12-5-13-21-33)35(41-27-32-18-10-4-11-19-32)24-34(43-37)22-23-39-25-30-14-6-2-7-15-30/h2-21,24,35-36H,22-23,25-29H2,1H3/t35-,36-,37-/m0/s1. The first-order valence-electron chi connectivity index (χ1n) is 14.7. The van der Waals surface area contributed by atoms with Gasteiger partial charge in [0.2, 0.25) is 0 Å². The van der Waals surface area contributed by atoms with Gasteiger partial charge in [0.15, 0.2) is 6.10 Å². The van der Waals surface area contributed by atoms with Gasteiger partial charge in [0.25, 0.3) is 5.79 Å². The van der Waals surface area contributed by atoms with Crippen LogP contribution >= 0.6 is 0 Å². The Morgan fingerprint density at radius 1 is 0.581 bits per heavy atom. The summed E-state index contributed by atoms with van der Waals surface area (Å²) in [6.45, 7) is 2.34. The molecule has 1 heterocycles. The number of rotatable bonds is 16. The molecule has 0 saturated carbocycles. The lowest BCUT2D eigenvalue weighted by Gasteiger charge is -2.45. The van der Waals surface area contributed by atoms with E-state index in [1.165, 1.54) is 0 Å². The van der Waals surface area contributed by atoms with Gasteiger partial charge in [-0.25, -0.2) is 0 Å². The van der Waals surface area contributed by atoms with Crippen molar-refractivity contribution in [3.63, 3.8) is 0 Å². The van der Waals surface area contributed by atoms with Crippen LogP contribution in [-0.2, 0) is 54.8 Å². The van der Waals surface area contributed by atoms with Crippen LogP contribution in [0.15, 0.2) is 133 Å². The zero-order valence-electron chi connectivity index (χ0n) is 24.7. The molecule has 0 bridgehead atoms. The summed E-state index contributed by atoms with van der Waals surface area (Å²) in [5, 5.41) is 0.